The van der Waals surface area contributed by atoms with E-state index in [4.69, 9.17) is 0 Å². The second-order valence-corrected chi connectivity index (χ2v) is 6.71. The lowest BCUT2D eigenvalue weighted by molar-refractivity contribution is 0.593. The quantitative estimate of drug-likeness (QED) is 0.794. The average Bonchev–Trinajstić information content (AvgIpc) is 2.35. The van der Waals surface area contributed by atoms with Gasteiger partial charge >= 0.3 is 0 Å². The third kappa shape index (κ3) is 3.19. The molecule has 0 N–H and O–H groups in total. The van der Waals surface area contributed by atoms with Gasteiger partial charge in [0, 0.05) is 0 Å². The fourth-order valence-corrected chi connectivity index (χ4v) is 3.55. The minimum absolute atomic E-state index is 0.00469. The summed E-state index contributed by atoms with van der Waals surface area (Å²) in [5, 5.41) is 0. The molecule has 2 nitrogen and oxygen atoms in total. The Morgan fingerprint density at radius 1 is 1.00 bits per heavy atom. The number of hydrogen-bond donors (Lipinski definition) is 0. The Morgan fingerprint density at radius 3 is 2.26 bits per heavy atom. The number of benzene rings is 2. The minimum atomic E-state index is -3.63. The van der Waals surface area contributed by atoms with E-state index in [1.54, 1.807) is 0 Å². The highest BCUT2D eigenvalue weighted by atomic mass is 79.9. The van der Waals surface area contributed by atoms with Crippen LogP contribution in [0.15, 0.2) is 51.8 Å². The van der Waals surface area contributed by atoms with Crippen LogP contribution in [0.2, 0.25) is 0 Å². The highest BCUT2D eigenvalue weighted by Gasteiger charge is 2.18. The van der Waals surface area contributed by atoms with E-state index >= 15 is 0 Å². The van der Waals surface area contributed by atoms with Crippen molar-refractivity contribution < 1.29 is 17.2 Å². The monoisotopic (exact) mass is 346 g/mol. The summed E-state index contributed by atoms with van der Waals surface area (Å²) in [5.74, 6) is -1.38. The van der Waals surface area contributed by atoms with E-state index in [1.165, 1.54) is 30.3 Å². The summed E-state index contributed by atoms with van der Waals surface area (Å²) < 4.78 is 50.4. The van der Waals surface area contributed by atoms with Crippen molar-refractivity contribution >= 4 is 25.8 Å². The van der Waals surface area contributed by atoms with Gasteiger partial charge in [0.05, 0.1) is 15.1 Å². The van der Waals surface area contributed by atoms with Crippen LogP contribution in [0.5, 0.6) is 0 Å². The zero-order chi connectivity index (χ0) is 14.0. The molecule has 0 fully saturated rings. The van der Waals surface area contributed by atoms with Crippen molar-refractivity contribution in [2.24, 2.45) is 0 Å². The molecule has 100 valence electrons. The van der Waals surface area contributed by atoms with Gasteiger partial charge in [0.15, 0.2) is 9.84 Å². The molecule has 6 heteroatoms. The molecular formula is C13H9BrF2O2S. The van der Waals surface area contributed by atoms with Crippen molar-refractivity contribution in [2.45, 2.75) is 10.6 Å². The summed E-state index contributed by atoms with van der Waals surface area (Å²) in [6, 6.07) is 8.73. The summed E-state index contributed by atoms with van der Waals surface area (Å²) >= 11 is 3.02. The van der Waals surface area contributed by atoms with Crippen molar-refractivity contribution in [3.63, 3.8) is 0 Å². The van der Waals surface area contributed by atoms with Crippen LogP contribution in [0.4, 0.5) is 8.78 Å². The first kappa shape index (κ1) is 14.1. The van der Waals surface area contributed by atoms with Gasteiger partial charge in [-0.25, -0.2) is 17.2 Å². The molecule has 2 rings (SSSR count). The summed E-state index contributed by atoms with van der Waals surface area (Å²) in [6.07, 6.45) is 0. The summed E-state index contributed by atoms with van der Waals surface area (Å²) in [5.41, 5.74) is 0.323. The van der Waals surface area contributed by atoms with Crippen LogP contribution in [-0.4, -0.2) is 8.42 Å². The predicted octanol–water partition coefficient (Wildman–Crippen LogP) is 3.70. The summed E-state index contributed by atoms with van der Waals surface area (Å²) in [4.78, 5) is 0.00469. The fraction of sp³-hybridized carbons (Fsp3) is 0.0769. The first-order valence-electron chi connectivity index (χ1n) is 5.31. The van der Waals surface area contributed by atoms with Gasteiger partial charge in [0.1, 0.15) is 11.6 Å². The lowest BCUT2D eigenvalue weighted by Crippen LogP contribution is -2.06. The fourth-order valence-electron chi connectivity index (χ4n) is 1.59. The van der Waals surface area contributed by atoms with Crippen LogP contribution >= 0.6 is 15.9 Å². The zero-order valence-corrected chi connectivity index (χ0v) is 12.0. The minimum Gasteiger partial charge on any atom is -0.223 e. The average molecular weight is 347 g/mol. The second-order valence-electron chi connectivity index (χ2n) is 3.93. The van der Waals surface area contributed by atoms with Crippen LogP contribution in [0.1, 0.15) is 5.56 Å². The van der Waals surface area contributed by atoms with Gasteiger partial charge in [0.2, 0.25) is 0 Å². The topological polar surface area (TPSA) is 34.1 Å². The van der Waals surface area contributed by atoms with Crippen molar-refractivity contribution in [1.29, 1.82) is 0 Å². The first-order chi connectivity index (χ1) is 8.90. The Morgan fingerprint density at radius 2 is 1.63 bits per heavy atom. The lowest BCUT2D eigenvalue weighted by atomic mass is 10.2. The third-order valence-corrected chi connectivity index (χ3v) is 5.12. The normalized spacial score (nSPS) is 11.5. The molecular weight excluding hydrogens is 338 g/mol. The van der Waals surface area contributed by atoms with Gasteiger partial charge in [-0.05, 0) is 51.8 Å². The smallest absolute Gasteiger partial charge is 0.182 e. The van der Waals surface area contributed by atoms with E-state index in [1.807, 2.05) is 0 Å². The molecule has 0 aliphatic rings. The SMILES string of the molecule is O=S(=O)(Cc1cccc(F)c1Br)c1ccc(F)cc1. The van der Waals surface area contributed by atoms with Gasteiger partial charge in [-0.2, -0.15) is 0 Å². The zero-order valence-electron chi connectivity index (χ0n) is 9.61. The van der Waals surface area contributed by atoms with E-state index in [0.717, 1.165) is 12.1 Å². The first-order valence-corrected chi connectivity index (χ1v) is 7.76. The van der Waals surface area contributed by atoms with E-state index in [2.05, 4.69) is 15.9 Å². The van der Waals surface area contributed by atoms with Crippen LogP contribution in [-0.2, 0) is 15.6 Å². The molecule has 0 spiro atoms. The lowest BCUT2D eigenvalue weighted by Gasteiger charge is -2.07. The number of hydrogen-bond acceptors (Lipinski definition) is 2. The number of rotatable bonds is 3. The van der Waals surface area contributed by atoms with Crippen molar-refractivity contribution in [1.82, 2.24) is 0 Å². The van der Waals surface area contributed by atoms with Gasteiger partial charge < -0.3 is 0 Å². The maximum Gasteiger partial charge on any atom is 0.182 e. The molecule has 0 heterocycles. The van der Waals surface area contributed by atoms with Crippen LogP contribution < -0.4 is 0 Å². The molecule has 0 unspecified atom stereocenters. The van der Waals surface area contributed by atoms with Crippen molar-refractivity contribution in [3.8, 4) is 0 Å². The van der Waals surface area contributed by atoms with Crippen LogP contribution in [0, 0.1) is 11.6 Å². The predicted molar refractivity (Wildman–Crippen MR) is 71.4 cm³/mol. The van der Waals surface area contributed by atoms with E-state index in [0.29, 0.717) is 5.56 Å². The molecule has 0 bridgehead atoms. The van der Waals surface area contributed by atoms with Crippen LogP contribution in [0.3, 0.4) is 0 Å². The third-order valence-electron chi connectivity index (χ3n) is 2.55. The Balaban J connectivity index is 2.36. The molecule has 0 saturated carbocycles. The van der Waals surface area contributed by atoms with E-state index in [9.17, 15) is 17.2 Å². The highest BCUT2D eigenvalue weighted by molar-refractivity contribution is 9.10. The van der Waals surface area contributed by atoms with Gasteiger partial charge in [-0.1, -0.05) is 12.1 Å². The van der Waals surface area contributed by atoms with E-state index < -0.39 is 21.5 Å². The maximum absolute atomic E-state index is 13.3. The Labute approximate surface area is 118 Å². The van der Waals surface area contributed by atoms with Gasteiger partial charge in [-0.3, -0.25) is 0 Å². The molecule has 19 heavy (non-hydrogen) atoms. The number of sulfone groups is 1. The van der Waals surface area contributed by atoms with Gasteiger partial charge in [-0.15, -0.1) is 0 Å². The molecule has 0 aliphatic carbocycles. The molecule has 0 saturated heterocycles. The summed E-state index contributed by atoms with van der Waals surface area (Å²) in [6.45, 7) is 0. The van der Waals surface area contributed by atoms with E-state index in [-0.39, 0.29) is 15.1 Å². The molecule has 0 aliphatic heterocycles. The summed E-state index contributed by atoms with van der Waals surface area (Å²) in [7, 11) is -3.63. The van der Waals surface area contributed by atoms with Crippen molar-refractivity contribution in [2.75, 3.05) is 0 Å². The maximum atomic E-state index is 13.3. The Kier molecular flexibility index (Phi) is 4.01. The molecule has 0 radical (unpaired) electrons. The number of halogens is 3. The Hall–Kier alpha value is -1.27. The van der Waals surface area contributed by atoms with Crippen molar-refractivity contribution in [3.05, 3.63) is 64.1 Å². The standard InChI is InChI=1S/C13H9BrF2O2S/c14-13-9(2-1-3-12(13)16)8-19(17,18)11-6-4-10(15)5-7-11/h1-7H,8H2. The molecule has 2 aromatic carbocycles. The van der Waals surface area contributed by atoms with Crippen LogP contribution in [0.25, 0.3) is 0 Å². The molecule has 2 aromatic rings. The largest absolute Gasteiger partial charge is 0.223 e. The molecule has 0 amide bonds. The molecule has 0 aromatic heterocycles. The second kappa shape index (κ2) is 5.38. The Bertz CT molecular complexity index is 697. The highest BCUT2D eigenvalue weighted by Crippen LogP contribution is 2.25. The molecule has 0 atom stereocenters. The van der Waals surface area contributed by atoms with Gasteiger partial charge in [0.25, 0.3) is 0 Å².